The van der Waals surface area contributed by atoms with Crippen LogP contribution in [0.3, 0.4) is 0 Å². The summed E-state index contributed by atoms with van der Waals surface area (Å²) in [6.45, 7) is 4.42. The van der Waals surface area contributed by atoms with Crippen molar-refractivity contribution in [3.05, 3.63) is 0 Å². The summed E-state index contributed by atoms with van der Waals surface area (Å²) in [5.41, 5.74) is 5.53. The molecule has 17 heavy (non-hydrogen) atoms. The van der Waals surface area contributed by atoms with Gasteiger partial charge >= 0.3 is 0 Å². The molecule has 0 aliphatic heterocycles. The Labute approximate surface area is 103 Å². The fourth-order valence-electron chi connectivity index (χ4n) is 1.79. The van der Waals surface area contributed by atoms with E-state index < -0.39 is 6.04 Å². The molecule has 0 fully saturated rings. The number of aliphatic hydroxyl groups excluding tert-OH is 2. The van der Waals surface area contributed by atoms with Crippen LogP contribution >= 0.6 is 0 Å². The first-order valence-corrected chi connectivity index (χ1v) is 6.26. The summed E-state index contributed by atoms with van der Waals surface area (Å²) in [5.74, 6) is 0.839. The van der Waals surface area contributed by atoms with Crippen molar-refractivity contribution in [3.8, 4) is 0 Å². The van der Waals surface area contributed by atoms with Gasteiger partial charge in [-0.05, 0) is 31.2 Å². The second kappa shape index (κ2) is 9.39. The van der Waals surface area contributed by atoms with E-state index in [0.717, 1.165) is 12.8 Å². The van der Waals surface area contributed by atoms with E-state index >= 15 is 0 Å². The quantitative estimate of drug-likeness (QED) is 0.455. The molecule has 0 aromatic carbocycles. The fraction of sp³-hybridized carbons (Fsp3) is 0.917. The van der Waals surface area contributed by atoms with E-state index in [1.165, 1.54) is 0 Å². The Kier molecular flexibility index (Phi) is 9.03. The minimum absolute atomic E-state index is 0.124. The standard InChI is InChI=1S/C12H26N2O3/c1-9(2)10(5-6-13)3-4-12(17)14-11(7-15)8-16/h9-11,15-16H,3-8,13H2,1-2H3,(H,14,17). The molecule has 1 unspecified atom stereocenters. The van der Waals surface area contributed by atoms with Crippen molar-refractivity contribution in [1.29, 1.82) is 0 Å². The largest absolute Gasteiger partial charge is 0.394 e. The molecule has 0 aromatic rings. The van der Waals surface area contributed by atoms with Crippen LogP contribution in [0.2, 0.25) is 0 Å². The highest BCUT2D eigenvalue weighted by molar-refractivity contribution is 5.76. The average Bonchev–Trinajstić information content (AvgIpc) is 2.30. The lowest BCUT2D eigenvalue weighted by Crippen LogP contribution is -2.40. The third kappa shape index (κ3) is 7.31. The molecule has 0 aromatic heterocycles. The van der Waals surface area contributed by atoms with E-state index in [9.17, 15) is 4.79 Å². The van der Waals surface area contributed by atoms with Crippen molar-refractivity contribution in [1.82, 2.24) is 5.32 Å². The minimum atomic E-state index is -0.547. The zero-order chi connectivity index (χ0) is 13.3. The molecular formula is C12H26N2O3. The fourth-order valence-corrected chi connectivity index (χ4v) is 1.79. The molecule has 102 valence electrons. The van der Waals surface area contributed by atoms with E-state index in [1.807, 2.05) is 0 Å². The van der Waals surface area contributed by atoms with Crippen molar-refractivity contribution in [3.63, 3.8) is 0 Å². The van der Waals surface area contributed by atoms with Gasteiger partial charge in [-0.3, -0.25) is 4.79 Å². The van der Waals surface area contributed by atoms with Crippen molar-refractivity contribution in [2.75, 3.05) is 19.8 Å². The SMILES string of the molecule is CC(C)C(CCN)CCC(=O)NC(CO)CO. The number of nitrogens with two attached hydrogens (primary N) is 1. The van der Waals surface area contributed by atoms with Crippen LogP contribution in [0, 0.1) is 11.8 Å². The lowest BCUT2D eigenvalue weighted by Gasteiger charge is -2.20. The van der Waals surface area contributed by atoms with Crippen LogP contribution in [0.4, 0.5) is 0 Å². The van der Waals surface area contributed by atoms with Crippen molar-refractivity contribution in [2.24, 2.45) is 17.6 Å². The normalized spacial score (nSPS) is 13.1. The van der Waals surface area contributed by atoms with Crippen molar-refractivity contribution >= 4 is 5.91 Å². The first kappa shape index (κ1) is 16.4. The van der Waals surface area contributed by atoms with Crippen LogP contribution in [-0.2, 0) is 4.79 Å². The number of amides is 1. The number of aliphatic hydroxyl groups is 2. The van der Waals surface area contributed by atoms with Gasteiger partial charge in [0.05, 0.1) is 19.3 Å². The van der Waals surface area contributed by atoms with Gasteiger partial charge in [0.2, 0.25) is 5.91 Å². The maximum atomic E-state index is 11.5. The maximum Gasteiger partial charge on any atom is 0.220 e. The third-order valence-corrected chi connectivity index (χ3v) is 3.03. The summed E-state index contributed by atoms with van der Waals surface area (Å²) in [4.78, 5) is 11.5. The number of hydrogen-bond donors (Lipinski definition) is 4. The molecule has 5 nitrogen and oxygen atoms in total. The predicted octanol–water partition coefficient (Wildman–Crippen LogP) is -0.143. The molecular weight excluding hydrogens is 220 g/mol. The van der Waals surface area contributed by atoms with E-state index in [2.05, 4.69) is 19.2 Å². The highest BCUT2D eigenvalue weighted by atomic mass is 16.3. The van der Waals surface area contributed by atoms with Crippen LogP contribution in [0.1, 0.15) is 33.1 Å². The number of rotatable bonds is 9. The van der Waals surface area contributed by atoms with E-state index in [4.69, 9.17) is 15.9 Å². The van der Waals surface area contributed by atoms with Gasteiger partial charge in [0, 0.05) is 6.42 Å². The Balaban J connectivity index is 3.95. The van der Waals surface area contributed by atoms with Crippen LogP contribution in [0.25, 0.3) is 0 Å². The highest BCUT2D eigenvalue weighted by Gasteiger charge is 2.16. The van der Waals surface area contributed by atoms with Crippen LogP contribution in [0.5, 0.6) is 0 Å². The number of carbonyl (C=O) groups is 1. The topological polar surface area (TPSA) is 95.6 Å². The Morgan fingerprint density at radius 1 is 1.24 bits per heavy atom. The lowest BCUT2D eigenvalue weighted by atomic mass is 9.88. The maximum absolute atomic E-state index is 11.5. The highest BCUT2D eigenvalue weighted by Crippen LogP contribution is 2.20. The first-order chi connectivity index (χ1) is 8.04. The number of carbonyl (C=O) groups excluding carboxylic acids is 1. The van der Waals surface area contributed by atoms with E-state index in [-0.39, 0.29) is 19.1 Å². The molecule has 0 spiro atoms. The van der Waals surface area contributed by atoms with Crippen molar-refractivity contribution in [2.45, 2.75) is 39.2 Å². The van der Waals surface area contributed by atoms with Gasteiger partial charge in [0.15, 0.2) is 0 Å². The van der Waals surface area contributed by atoms with Crippen LogP contribution < -0.4 is 11.1 Å². The number of nitrogens with one attached hydrogen (secondary N) is 1. The molecule has 0 saturated heterocycles. The summed E-state index contributed by atoms with van der Waals surface area (Å²) in [5, 5.41) is 20.2. The number of hydrogen-bond acceptors (Lipinski definition) is 4. The van der Waals surface area contributed by atoms with Crippen LogP contribution in [0.15, 0.2) is 0 Å². The summed E-state index contributed by atoms with van der Waals surface area (Å²) in [6.07, 6.45) is 2.14. The Hall–Kier alpha value is -0.650. The monoisotopic (exact) mass is 246 g/mol. The van der Waals surface area contributed by atoms with Crippen LogP contribution in [-0.4, -0.2) is 41.9 Å². The third-order valence-electron chi connectivity index (χ3n) is 3.03. The Bertz CT molecular complexity index is 206. The molecule has 1 amide bonds. The first-order valence-electron chi connectivity index (χ1n) is 6.26. The summed E-state index contributed by atoms with van der Waals surface area (Å²) in [6, 6.07) is -0.547. The summed E-state index contributed by atoms with van der Waals surface area (Å²) < 4.78 is 0. The van der Waals surface area contributed by atoms with Gasteiger partial charge in [0.1, 0.15) is 0 Å². The molecule has 0 saturated carbocycles. The molecule has 0 aliphatic carbocycles. The molecule has 0 aliphatic rings. The Morgan fingerprint density at radius 3 is 2.24 bits per heavy atom. The summed E-state index contributed by atoms with van der Waals surface area (Å²) in [7, 11) is 0. The molecule has 0 rings (SSSR count). The molecule has 5 heteroatoms. The lowest BCUT2D eigenvalue weighted by molar-refractivity contribution is -0.122. The molecule has 0 bridgehead atoms. The smallest absolute Gasteiger partial charge is 0.220 e. The van der Waals surface area contributed by atoms with E-state index in [1.54, 1.807) is 0 Å². The summed E-state index contributed by atoms with van der Waals surface area (Å²) >= 11 is 0. The second-order valence-electron chi connectivity index (χ2n) is 4.75. The molecule has 1 atom stereocenters. The van der Waals surface area contributed by atoms with Gasteiger partial charge in [-0.25, -0.2) is 0 Å². The van der Waals surface area contributed by atoms with Gasteiger partial charge in [0.25, 0.3) is 0 Å². The van der Waals surface area contributed by atoms with E-state index in [0.29, 0.717) is 24.8 Å². The molecule has 0 radical (unpaired) electrons. The zero-order valence-electron chi connectivity index (χ0n) is 10.9. The molecule has 0 heterocycles. The van der Waals surface area contributed by atoms with Gasteiger partial charge < -0.3 is 21.3 Å². The minimum Gasteiger partial charge on any atom is -0.394 e. The predicted molar refractivity (Wildman–Crippen MR) is 67.3 cm³/mol. The van der Waals surface area contributed by atoms with Gasteiger partial charge in [-0.15, -0.1) is 0 Å². The van der Waals surface area contributed by atoms with Crippen molar-refractivity contribution < 1.29 is 15.0 Å². The Morgan fingerprint density at radius 2 is 1.82 bits per heavy atom. The average molecular weight is 246 g/mol. The van der Waals surface area contributed by atoms with Gasteiger partial charge in [-0.1, -0.05) is 13.8 Å². The van der Waals surface area contributed by atoms with Gasteiger partial charge in [-0.2, -0.15) is 0 Å². The second-order valence-corrected chi connectivity index (χ2v) is 4.75. The zero-order valence-corrected chi connectivity index (χ0v) is 10.9. The molecule has 5 N–H and O–H groups in total.